The van der Waals surface area contributed by atoms with E-state index in [9.17, 15) is 22.4 Å². The number of likely N-dealkylation sites (tertiary alicyclic amines) is 1. The third-order valence-corrected chi connectivity index (χ3v) is 6.58. The molecule has 172 valence electrons. The predicted molar refractivity (Wildman–Crippen MR) is 114 cm³/mol. The molecule has 2 atom stereocenters. The van der Waals surface area contributed by atoms with Crippen LogP contribution in [0.3, 0.4) is 0 Å². The van der Waals surface area contributed by atoms with Crippen LogP contribution in [0.4, 0.5) is 4.39 Å². The second kappa shape index (κ2) is 10.1. The van der Waals surface area contributed by atoms with Gasteiger partial charge >= 0.3 is 5.97 Å². The molecule has 0 bridgehead atoms. The number of aryl methyl sites for hydroxylation is 1. The molecule has 0 saturated carbocycles. The highest BCUT2D eigenvalue weighted by Gasteiger charge is 2.41. The van der Waals surface area contributed by atoms with Crippen LogP contribution in [-0.4, -0.2) is 57.5 Å². The molecule has 1 amide bonds. The number of hydrogen-bond acceptors (Lipinski definition) is 6. The molecular weight excluding hydrogens is 439 g/mol. The van der Waals surface area contributed by atoms with E-state index in [1.807, 2.05) is 0 Å². The molecule has 0 aliphatic carbocycles. The third-order valence-electron chi connectivity index (χ3n) is 5.12. The van der Waals surface area contributed by atoms with Crippen LogP contribution in [0.2, 0.25) is 0 Å². The SMILES string of the molecule is COC(=O)C1CC(Oc2ccccc2F)CN1C(=O)CCNS(=O)(=O)c1cccc(C)c1. The highest BCUT2D eigenvalue weighted by Crippen LogP contribution is 2.26. The first-order chi connectivity index (χ1) is 15.2. The van der Waals surface area contributed by atoms with Crippen molar-refractivity contribution in [1.29, 1.82) is 0 Å². The number of para-hydroxylation sites is 1. The van der Waals surface area contributed by atoms with E-state index in [-0.39, 0.29) is 36.6 Å². The van der Waals surface area contributed by atoms with E-state index in [1.54, 1.807) is 25.1 Å². The van der Waals surface area contributed by atoms with Crippen LogP contribution < -0.4 is 9.46 Å². The molecule has 2 aromatic carbocycles. The number of esters is 1. The Morgan fingerprint density at radius 3 is 2.62 bits per heavy atom. The van der Waals surface area contributed by atoms with E-state index in [0.29, 0.717) is 0 Å². The van der Waals surface area contributed by atoms with Gasteiger partial charge in [-0.2, -0.15) is 0 Å². The Hall–Kier alpha value is -2.98. The van der Waals surface area contributed by atoms with Crippen LogP contribution in [0.15, 0.2) is 53.4 Å². The average molecular weight is 465 g/mol. The highest BCUT2D eigenvalue weighted by molar-refractivity contribution is 7.89. The van der Waals surface area contributed by atoms with Gasteiger partial charge in [0.2, 0.25) is 15.9 Å². The maximum atomic E-state index is 13.9. The van der Waals surface area contributed by atoms with E-state index >= 15 is 0 Å². The molecule has 1 aliphatic heterocycles. The summed E-state index contributed by atoms with van der Waals surface area (Å²) in [6.45, 7) is 1.69. The molecule has 10 heteroatoms. The van der Waals surface area contributed by atoms with Gasteiger partial charge in [-0.15, -0.1) is 0 Å². The summed E-state index contributed by atoms with van der Waals surface area (Å²) in [5.74, 6) is -1.57. The monoisotopic (exact) mass is 464 g/mol. The fraction of sp³-hybridized carbons (Fsp3) is 0.364. The molecule has 1 fully saturated rings. The maximum Gasteiger partial charge on any atom is 0.328 e. The maximum absolute atomic E-state index is 13.9. The quantitative estimate of drug-likeness (QED) is 0.600. The van der Waals surface area contributed by atoms with Crippen molar-refractivity contribution >= 4 is 21.9 Å². The minimum atomic E-state index is -3.77. The summed E-state index contributed by atoms with van der Waals surface area (Å²) in [7, 11) is -2.56. The fourth-order valence-corrected chi connectivity index (χ4v) is 4.68. The van der Waals surface area contributed by atoms with Crippen molar-refractivity contribution in [3.05, 3.63) is 59.9 Å². The molecule has 0 aromatic heterocycles. The van der Waals surface area contributed by atoms with E-state index in [1.165, 1.54) is 42.3 Å². The van der Waals surface area contributed by atoms with Gasteiger partial charge in [-0.05, 0) is 36.8 Å². The Labute approximate surface area is 186 Å². The molecule has 1 N–H and O–H groups in total. The number of halogens is 1. The van der Waals surface area contributed by atoms with Gasteiger partial charge in [-0.3, -0.25) is 4.79 Å². The van der Waals surface area contributed by atoms with E-state index < -0.39 is 39.9 Å². The van der Waals surface area contributed by atoms with Crippen molar-refractivity contribution in [3.8, 4) is 5.75 Å². The molecule has 0 radical (unpaired) electrons. The number of rotatable bonds is 8. The van der Waals surface area contributed by atoms with Crippen molar-refractivity contribution in [3.63, 3.8) is 0 Å². The van der Waals surface area contributed by atoms with Gasteiger partial charge in [0.15, 0.2) is 11.6 Å². The Morgan fingerprint density at radius 1 is 1.19 bits per heavy atom. The molecule has 8 nitrogen and oxygen atoms in total. The molecule has 1 heterocycles. The van der Waals surface area contributed by atoms with Crippen LogP contribution in [0.25, 0.3) is 0 Å². The Balaban J connectivity index is 1.63. The number of nitrogens with zero attached hydrogens (tertiary/aromatic N) is 1. The van der Waals surface area contributed by atoms with Crippen molar-refractivity contribution < 1.29 is 31.9 Å². The van der Waals surface area contributed by atoms with Crippen LogP contribution in [0, 0.1) is 12.7 Å². The Morgan fingerprint density at radius 2 is 1.94 bits per heavy atom. The number of hydrogen-bond donors (Lipinski definition) is 1. The number of nitrogens with one attached hydrogen (secondary N) is 1. The Bertz CT molecular complexity index is 1090. The van der Waals surface area contributed by atoms with Crippen molar-refractivity contribution in [1.82, 2.24) is 9.62 Å². The lowest BCUT2D eigenvalue weighted by Gasteiger charge is -2.22. The van der Waals surface area contributed by atoms with E-state index in [4.69, 9.17) is 9.47 Å². The lowest BCUT2D eigenvalue weighted by molar-refractivity contribution is -0.150. The zero-order valence-electron chi connectivity index (χ0n) is 17.8. The zero-order chi connectivity index (χ0) is 23.3. The summed E-state index contributed by atoms with van der Waals surface area (Å²) in [6, 6.07) is 11.4. The number of ether oxygens (including phenoxy) is 2. The topological polar surface area (TPSA) is 102 Å². The van der Waals surface area contributed by atoms with E-state index in [0.717, 1.165) is 5.56 Å². The molecule has 0 spiro atoms. The summed E-state index contributed by atoms with van der Waals surface area (Å²) in [6.07, 6.45) is -0.629. The summed E-state index contributed by atoms with van der Waals surface area (Å²) in [5, 5.41) is 0. The summed E-state index contributed by atoms with van der Waals surface area (Å²) < 4.78 is 51.6. The van der Waals surface area contributed by atoms with Gasteiger partial charge in [0.1, 0.15) is 12.1 Å². The number of carbonyl (C=O) groups excluding carboxylic acids is 2. The van der Waals surface area contributed by atoms with Crippen LogP contribution >= 0.6 is 0 Å². The van der Waals surface area contributed by atoms with Crippen molar-refractivity contribution in [2.75, 3.05) is 20.2 Å². The number of amides is 1. The van der Waals surface area contributed by atoms with Crippen LogP contribution in [-0.2, 0) is 24.3 Å². The Kier molecular flexibility index (Phi) is 7.47. The normalized spacial score (nSPS) is 18.4. The minimum absolute atomic E-state index is 0.0290. The number of methoxy groups -OCH3 is 1. The predicted octanol–water partition coefficient (Wildman–Crippen LogP) is 2.02. The first kappa shape index (κ1) is 23.7. The molecule has 3 rings (SSSR count). The minimum Gasteiger partial charge on any atom is -0.485 e. The number of benzene rings is 2. The lowest BCUT2D eigenvalue weighted by atomic mass is 10.2. The summed E-state index contributed by atoms with van der Waals surface area (Å²) in [5.41, 5.74) is 0.794. The van der Waals surface area contributed by atoms with Crippen LogP contribution in [0.1, 0.15) is 18.4 Å². The second-order valence-electron chi connectivity index (χ2n) is 7.46. The van der Waals surface area contributed by atoms with Gasteiger partial charge in [0.25, 0.3) is 0 Å². The van der Waals surface area contributed by atoms with E-state index in [2.05, 4.69) is 4.72 Å². The van der Waals surface area contributed by atoms with Gasteiger partial charge in [-0.1, -0.05) is 24.3 Å². The molecule has 2 aromatic rings. The molecule has 1 aliphatic rings. The average Bonchev–Trinajstić information content (AvgIpc) is 3.18. The number of sulfonamides is 1. The zero-order valence-corrected chi connectivity index (χ0v) is 18.6. The van der Waals surface area contributed by atoms with Crippen LogP contribution in [0.5, 0.6) is 5.75 Å². The highest BCUT2D eigenvalue weighted by atomic mass is 32.2. The van der Waals surface area contributed by atoms with Gasteiger partial charge in [0, 0.05) is 19.4 Å². The summed E-state index contributed by atoms with van der Waals surface area (Å²) >= 11 is 0. The number of carbonyl (C=O) groups is 2. The fourth-order valence-electron chi connectivity index (χ4n) is 3.54. The second-order valence-corrected chi connectivity index (χ2v) is 9.22. The molecule has 32 heavy (non-hydrogen) atoms. The molecule has 2 unspecified atom stereocenters. The largest absolute Gasteiger partial charge is 0.485 e. The molecular formula is C22H25FN2O6S. The van der Waals surface area contributed by atoms with Crippen molar-refractivity contribution in [2.24, 2.45) is 0 Å². The van der Waals surface area contributed by atoms with Gasteiger partial charge in [-0.25, -0.2) is 22.3 Å². The third kappa shape index (κ3) is 5.63. The molecule has 1 saturated heterocycles. The first-order valence-corrected chi connectivity index (χ1v) is 11.5. The standard InChI is InChI=1S/C22H25FN2O6S/c1-15-6-5-7-17(12-15)32(28,29)24-11-10-21(26)25-14-16(13-19(25)22(27)30-2)31-20-9-4-3-8-18(20)23/h3-9,12,16,19,24H,10-11,13-14H2,1-2H3. The summed E-state index contributed by atoms with van der Waals surface area (Å²) in [4.78, 5) is 26.4. The van der Waals surface area contributed by atoms with Gasteiger partial charge in [0.05, 0.1) is 18.6 Å². The smallest absolute Gasteiger partial charge is 0.328 e. The first-order valence-electron chi connectivity index (χ1n) is 10.1. The van der Waals surface area contributed by atoms with Crippen molar-refractivity contribution in [2.45, 2.75) is 36.8 Å². The lowest BCUT2D eigenvalue weighted by Crippen LogP contribution is -2.42. The van der Waals surface area contributed by atoms with Gasteiger partial charge < -0.3 is 14.4 Å².